The zero-order valence-corrected chi connectivity index (χ0v) is 62.8. The minimum atomic E-state index is -0.782. The molecule has 0 radical (unpaired) electrons. The number of aromatic nitrogens is 2. The molecule has 0 atom stereocenters. The van der Waals surface area contributed by atoms with Crippen LogP contribution in [0, 0.1) is 25.5 Å². The van der Waals surface area contributed by atoms with Crippen molar-refractivity contribution in [1.29, 1.82) is 0 Å². The molecule has 0 fully saturated rings. The number of hydrogen-bond acceptors (Lipinski definition) is 10. The van der Waals surface area contributed by atoms with Crippen LogP contribution in [0.25, 0.3) is 0 Å². The van der Waals surface area contributed by atoms with Crippen LogP contribution in [0.15, 0.2) is 182 Å². The molecule has 0 bridgehead atoms. The van der Waals surface area contributed by atoms with Crippen molar-refractivity contribution in [2.45, 2.75) is 13.8 Å². The molecule has 0 unspecified atom stereocenters. The maximum atomic E-state index is 12.8. The lowest BCUT2D eigenvalue weighted by molar-refractivity contribution is 0.106. The average molecular weight is 1890 g/mol. The molecule has 0 aliphatic heterocycles. The van der Waals surface area contributed by atoms with Gasteiger partial charge in [0.15, 0.2) is 0 Å². The zero-order chi connectivity index (χ0) is 65.7. The lowest BCUT2D eigenvalue weighted by atomic mass is 10.1. The minimum absolute atomic E-state index is 0.102. The molecule has 2 heterocycles. The van der Waals surface area contributed by atoms with Gasteiger partial charge in [-0.2, -0.15) is 0 Å². The molecule has 8 aromatic rings. The Balaban J connectivity index is 0.000000492. The van der Waals surface area contributed by atoms with Gasteiger partial charge in [-0.15, -0.1) is 0 Å². The molecule has 0 amide bonds. The molecule has 86 heavy (non-hydrogen) atoms. The van der Waals surface area contributed by atoms with Crippen molar-refractivity contribution in [2.24, 2.45) is 0 Å². The molecule has 452 valence electrons. The number of halogens is 20. The van der Waals surface area contributed by atoms with Crippen molar-refractivity contribution in [2.75, 3.05) is 0 Å². The third kappa shape index (κ3) is 32.5. The minimum Gasteiger partial charge on any atom is -0.276 e. The summed E-state index contributed by atoms with van der Waals surface area (Å²) in [6, 6.07) is 34.9. The predicted molar refractivity (Wildman–Crippen MR) is 370 cm³/mol. The molecule has 2 aromatic heterocycles. The first-order valence-electron chi connectivity index (χ1n) is 22.2. The van der Waals surface area contributed by atoms with Gasteiger partial charge in [0.25, 0.3) is 41.9 Å². The van der Waals surface area contributed by atoms with Crippen LogP contribution in [0.2, 0.25) is 10.0 Å². The number of carbonyl (C=O) groups is 8. The summed E-state index contributed by atoms with van der Waals surface area (Å²) in [6.07, 6.45) is 2.94. The van der Waals surface area contributed by atoms with Gasteiger partial charge in [-0.3, -0.25) is 43.3 Å². The molecule has 30 heteroatoms. The SMILES string of the molecule is Cc1cc(Br)ccc1C(=O)Cl.Cc1cc(C(=O)Cl)ccc1Br.O=C(Cl)c1ccc(Br)c(Cl)c1.O=C(Cl)c1ccc(Br)c(F)c1.O=C(Cl)c1ccc(Br)cc1Cl.O=C(Cl)c1ccc(Br)cc1F.O=C(Cl)c1ccc(Br)cn1.O=C(Cl)c1ccc(Br)nc1. The number of carbonyl (C=O) groups excluding carboxylic acids is 8. The van der Waals surface area contributed by atoms with E-state index in [2.05, 4.69) is 137 Å². The smallest absolute Gasteiger partial charge is 0.270 e. The second kappa shape index (κ2) is 42.6. The van der Waals surface area contributed by atoms with Gasteiger partial charge in [0, 0.05) is 61.5 Å². The molecule has 0 saturated heterocycles. The summed E-state index contributed by atoms with van der Waals surface area (Å²) in [6.45, 7) is 3.76. The van der Waals surface area contributed by atoms with E-state index in [1.54, 1.807) is 84.9 Å². The van der Waals surface area contributed by atoms with Gasteiger partial charge in [0.2, 0.25) is 0 Å². The van der Waals surface area contributed by atoms with Crippen LogP contribution >= 0.6 is 243 Å². The van der Waals surface area contributed by atoms with E-state index in [1.165, 1.54) is 42.7 Å². The zero-order valence-electron chi connectivity index (χ0n) is 42.6. The van der Waals surface area contributed by atoms with Crippen LogP contribution in [0.4, 0.5) is 8.78 Å². The molecule has 0 aliphatic rings. The number of benzene rings is 6. The standard InChI is InChI=1S/2C8H6BrClO.2C7H3BrCl2O.2C7H3BrClFO.2C6H3BrClNO/c1-5-4-6(9)2-3-7(5)8(10)11;1-5-4-6(8(10)11)2-3-7(5)9;8-4-1-2-5(7(10)11)6(9)3-4;8-5-2-1-4(7(10)11)3-6(5)9;8-4-1-2-5(7(9)11)6(10)3-4;8-5-2-1-4(7(9)11)3-6(5)10;7-4-1-2-5(6(8)10)9-3-4;7-5-2-1-4(3-9-5)6(8)10/h2*2-4H,1H3;4*1-3H;2*1-3H. The fraction of sp³-hybridized carbons (Fsp3) is 0.0357. The first-order chi connectivity index (χ1) is 40.1. The van der Waals surface area contributed by atoms with E-state index >= 15 is 0 Å². The van der Waals surface area contributed by atoms with E-state index in [4.69, 9.17) is 116 Å². The number of nitrogens with zero attached hydrogens (tertiary/aromatic N) is 2. The van der Waals surface area contributed by atoms with Gasteiger partial charge in [-0.1, -0.05) is 86.9 Å². The molecule has 0 N–H and O–H groups in total. The van der Waals surface area contributed by atoms with Crippen molar-refractivity contribution >= 4 is 285 Å². The Morgan fingerprint density at radius 1 is 0.337 bits per heavy atom. The van der Waals surface area contributed by atoms with E-state index in [9.17, 15) is 47.1 Å². The van der Waals surface area contributed by atoms with Gasteiger partial charge < -0.3 is 0 Å². The highest BCUT2D eigenvalue weighted by Crippen LogP contribution is 2.25. The van der Waals surface area contributed by atoms with Crippen molar-refractivity contribution < 1.29 is 47.1 Å². The highest BCUT2D eigenvalue weighted by atomic mass is 79.9. The van der Waals surface area contributed by atoms with Gasteiger partial charge in [-0.05, 0) is 315 Å². The topological polar surface area (TPSA) is 162 Å². The van der Waals surface area contributed by atoms with Gasteiger partial charge in [-0.25, -0.2) is 13.8 Å². The highest BCUT2D eigenvalue weighted by Gasteiger charge is 2.10. The number of aryl methyl sites for hydroxylation is 2. The molecule has 0 spiro atoms. The maximum Gasteiger partial charge on any atom is 0.270 e. The van der Waals surface area contributed by atoms with Crippen LogP contribution in [0.5, 0.6) is 0 Å². The summed E-state index contributed by atoms with van der Waals surface area (Å²) in [5.41, 5.74) is 4.46. The van der Waals surface area contributed by atoms with Crippen molar-refractivity contribution in [1.82, 2.24) is 9.97 Å². The maximum absolute atomic E-state index is 12.8. The molecule has 10 nitrogen and oxygen atoms in total. The second-order valence-electron chi connectivity index (χ2n) is 15.4. The van der Waals surface area contributed by atoms with Crippen LogP contribution in [0.1, 0.15) is 94.1 Å². The molecule has 0 aliphatic carbocycles. The van der Waals surface area contributed by atoms with Gasteiger partial charge >= 0.3 is 0 Å². The molecule has 8 rings (SSSR count). The first-order valence-corrected chi connectivity index (χ1v) is 32.3. The normalized spacial score (nSPS) is 9.65. The average Bonchev–Trinajstić information content (AvgIpc) is 3.65. The van der Waals surface area contributed by atoms with Crippen LogP contribution in [-0.2, 0) is 0 Å². The summed E-state index contributed by atoms with van der Waals surface area (Å²) in [5.74, 6) is -1.10. The number of pyridine rings is 2. The van der Waals surface area contributed by atoms with Gasteiger partial charge in [0.1, 0.15) is 21.9 Å². The predicted octanol–water partition coefficient (Wildman–Crippen LogP) is 23.6. The van der Waals surface area contributed by atoms with E-state index < -0.39 is 53.6 Å². The number of rotatable bonds is 8. The van der Waals surface area contributed by atoms with Crippen molar-refractivity contribution in [3.63, 3.8) is 0 Å². The van der Waals surface area contributed by atoms with Gasteiger partial charge in [0.05, 0.1) is 31.2 Å². The summed E-state index contributed by atoms with van der Waals surface area (Å²) in [5, 5.41) is -3.48. The molecule has 0 saturated carbocycles. The van der Waals surface area contributed by atoms with Crippen LogP contribution in [-0.4, -0.2) is 51.9 Å². The van der Waals surface area contributed by atoms with E-state index in [1.807, 2.05) is 26.0 Å². The summed E-state index contributed by atoms with van der Waals surface area (Å²) >= 11 is 78.2. The first kappa shape index (κ1) is 81.6. The fourth-order valence-electron chi connectivity index (χ4n) is 5.13. The Bertz CT molecular complexity index is 3380. The Kier molecular flexibility index (Phi) is 40.4. The van der Waals surface area contributed by atoms with E-state index in [0.717, 1.165) is 39.6 Å². The summed E-state index contributed by atoms with van der Waals surface area (Å²) < 4.78 is 31.4. The monoisotopic (exact) mass is 1880 g/mol. The van der Waals surface area contributed by atoms with Crippen molar-refractivity contribution in [3.05, 3.63) is 259 Å². The molecular weight excluding hydrogens is 1860 g/mol. The lowest BCUT2D eigenvalue weighted by Gasteiger charge is -1.99. The largest absolute Gasteiger partial charge is 0.276 e. The highest BCUT2D eigenvalue weighted by molar-refractivity contribution is 9.11. The van der Waals surface area contributed by atoms with Crippen LogP contribution in [0.3, 0.4) is 0 Å². The van der Waals surface area contributed by atoms with Crippen molar-refractivity contribution in [3.8, 4) is 0 Å². The Labute approximate surface area is 608 Å². The Hall–Kier alpha value is -2.42. The van der Waals surface area contributed by atoms with E-state index in [-0.39, 0.29) is 16.8 Å². The summed E-state index contributed by atoms with van der Waals surface area (Å²) in [7, 11) is 0. The fourth-order valence-corrected chi connectivity index (χ4v) is 9.25. The van der Waals surface area contributed by atoms with E-state index in [0.29, 0.717) is 51.4 Å². The summed E-state index contributed by atoms with van der Waals surface area (Å²) in [4.78, 5) is 92.1. The third-order valence-electron chi connectivity index (χ3n) is 9.25. The lowest BCUT2D eigenvalue weighted by Crippen LogP contribution is -1.92. The van der Waals surface area contributed by atoms with Crippen LogP contribution < -0.4 is 0 Å². The number of hydrogen-bond donors (Lipinski definition) is 0. The second-order valence-corrected chi connectivity index (χ2v) is 25.9. The quantitative estimate of drug-likeness (QED) is 0.106. The third-order valence-corrected chi connectivity index (χ3v) is 16.4. The Morgan fingerprint density at radius 3 is 1.16 bits per heavy atom. The molecule has 6 aromatic carbocycles. The molecular formula is C56H30Br8Cl10F2N2O8. The Morgan fingerprint density at radius 2 is 0.767 bits per heavy atom.